The molecule has 0 radical (unpaired) electrons. The standard InChI is InChI=1S/C10H9F3N2/c1-3-6-4-9(15-2)7(5-8(6)14)10(11,12)13/h4-5H,3,14H2,1H3. The number of benzene rings is 1. The second-order valence-electron chi connectivity index (χ2n) is 3.03. The Balaban J connectivity index is 3.43. The molecule has 0 aliphatic heterocycles. The molecule has 0 saturated carbocycles. The van der Waals surface area contributed by atoms with Crippen LogP contribution < -0.4 is 5.73 Å². The minimum atomic E-state index is -4.53. The first kappa shape index (κ1) is 11.4. The zero-order valence-corrected chi connectivity index (χ0v) is 8.02. The zero-order valence-electron chi connectivity index (χ0n) is 8.02. The topological polar surface area (TPSA) is 30.4 Å². The molecule has 1 aromatic carbocycles. The molecule has 0 atom stereocenters. The number of hydrogen-bond donors (Lipinski definition) is 1. The SMILES string of the molecule is [C-]#[N+]c1cc(CC)c(N)cc1C(F)(F)F. The van der Waals surface area contributed by atoms with Crippen molar-refractivity contribution in [3.8, 4) is 0 Å². The van der Waals surface area contributed by atoms with Crippen molar-refractivity contribution in [1.29, 1.82) is 0 Å². The highest BCUT2D eigenvalue weighted by Crippen LogP contribution is 2.38. The maximum absolute atomic E-state index is 12.5. The smallest absolute Gasteiger partial charge is 0.399 e. The molecule has 0 unspecified atom stereocenters. The number of anilines is 1. The molecule has 15 heavy (non-hydrogen) atoms. The molecular weight excluding hydrogens is 205 g/mol. The summed E-state index contributed by atoms with van der Waals surface area (Å²) in [5, 5.41) is 0. The van der Waals surface area contributed by atoms with Gasteiger partial charge in [0.15, 0.2) is 5.69 Å². The highest BCUT2D eigenvalue weighted by Gasteiger charge is 2.33. The summed E-state index contributed by atoms with van der Waals surface area (Å²) in [6, 6.07) is 2.03. The van der Waals surface area contributed by atoms with Crippen molar-refractivity contribution in [3.05, 3.63) is 34.7 Å². The van der Waals surface area contributed by atoms with Gasteiger partial charge >= 0.3 is 6.18 Å². The van der Waals surface area contributed by atoms with Crippen LogP contribution in [-0.2, 0) is 12.6 Å². The van der Waals surface area contributed by atoms with Gasteiger partial charge in [0.05, 0.1) is 12.1 Å². The fourth-order valence-corrected chi connectivity index (χ4v) is 1.27. The Morgan fingerprint density at radius 3 is 2.40 bits per heavy atom. The zero-order chi connectivity index (χ0) is 11.6. The van der Waals surface area contributed by atoms with Gasteiger partial charge in [0.25, 0.3) is 0 Å². The number of rotatable bonds is 1. The molecule has 0 amide bonds. The van der Waals surface area contributed by atoms with Crippen molar-refractivity contribution >= 4 is 11.4 Å². The van der Waals surface area contributed by atoms with E-state index in [1.54, 1.807) is 6.92 Å². The summed E-state index contributed by atoms with van der Waals surface area (Å²) < 4.78 is 37.4. The van der Waals surface area contributed by atoms with Gasteiger partial charge in [-0.05, 0) is 18.1 Å². The van der Waals surface area contributed by atoms with Gasteiger partial charge < -0.3 is 5.73 Å². The van der Waals surface area contributed by atoms with Crippen LogP contribution in [-0.4, -0.2) is 0 Å². The molecule has 80 valence electrons. The van der Waals surface area contributed by atoms with Crippen LogP contribution in [0, 0.1) is 6.57 Å². The van der Waals surface area contributed by atoms with Gasteiger partial charge in [0.2, 0.25) is 0 Å². The molecule has 0 aliphatic carbocycles. The maximum Gasteiger partial charge on any atom is 0.407 e. The van der Waals surface area contributed by atoms with E-state index in [1.165, 1.54) is 6.07 Å². The first-order valence-corrected chi connectivity index (χ1v) is 4.27. The summed E-state index contributed by atoms with van der Waals surface area (Å²) in [5.74, 6) is 0. The van der Waals surface area contributed by atoms with E-state index < -0.39 is 17.4 Å². The summed E-state index contributed by atoms with van der Waals surface area (Å²) in [6.07, 6.45) is -4.02. The van der Waals surface area contributed by atoms with Crippen LogP contribution in [0.1, 0.15) is 18.1 Å². The van der Waals surface area contributed by atoms with Gasteiger partial charge in [-0.15, -0.1) is 0 Å². The fourth-order valence-electron chi connectivity index (χ4n) is 1.27. The Hall–Kier alpha value is -1.70. The summed E-state index contributed by atoms with van der Waals surface area (Å²) in [6.45, 7) is 8.46. The largest absolute Gasteiger partial charge is 0.407 e. The number of halogens is 3. The summed E-state index contributed by atoms with van der Waals surface area (Å²) >= 11 is 0. The van der Waals surface area contributed by atoms with Crippen molar-refractivity contribution in [1.82, 2.24) is 0 Å². The molecule has 0 fully saturated rings. The third-order valence-corrected chi connectivity index (χ3v) is 2.06. The molecule has 0 bridgehead atoms. The van der Waals surface area contributed by atoms with E-state index in [2.05, 4.69) is 4.85 Å². The van der Waals surface area contributed by atoms with Gasteiger partial charge in [-0.1, -0.05) is 13.0 Å². The van der Waals surface area contributed by atoms with Crippen LogP contribution in [0.15, 0.2) is 12.1 Å². The average molecular weight is 214 g/mol. The Morgan fingerprint density at radius 2 is 2.00 bits per heavy atom. The van der Waals surface area contributed by atoms with E-state index in [1.807, 2.05) is 0 Å². The maximum atomic E-state index is 12.5. The monoisotopic (exact) mass is 214 g/mol. The Kier molecular flexibility index (Phi) is 2.89. The third-order valence-electron chi connectivity index (χ3n) is 2.06. The number of nitrogen functional groups attached to an aromatic ring is 1. The molecule has 1 rings (SSSR count). The lowest BCUT2D eigenvalue weighted by Crippen LogP contribution is -2.07. The Morgan fingerprint density at radius 1 is 1.40 bits per heavy atom. The molecule has 0 heterocycles. The predicted octanol–water partition coefficient (Wildman–Crippen LogP) is 3.40. The predicted molar refractivity (Wildman–Crippen MR) is 51.5 cm³/mol. The lowest BCUT2D eigenvalue weighted by atomic mass is 10.0. The molecular formula is C10H9F3N2. The number of aryl methyl sites for hydroxylation is 1. The van der Waals surface area contributed by atoms with Crippen LogP contribution in [0.25, 0.3) is 4.85 Å². The van der Waals surface area contributed by atoms with E-state index in [0.717, 1.165) is 6.07 Å². The Labute approximate surface area is 85.3 Å². The highest BCUT2D eigenvalue weighted by atomic mass is 19.4. The van der Waals surface area contributed by atoms with E-state index in [0.29, 0.717) is 12.0 Å². The van der Waals surface area contributed by atoms with Crippen LogP contribution in [0.2, 0.25) is 0 Å². The molecule has 5 heteroatoms. The van der Waals surface area contributed by atoms with Gasteiger partial charge in [0, 0.05) is 5.69 Å². The second-order valence-corrected chi connectivity index (χ2v) is 3.03. The molecule has 0 spiro atoms. The summed E-state index contributed by atoms with van der Waals surface area (Å²) in [7, 11) is 0. The molecule has 0 aliphatic rings. The second kappa shape index (κ2) is 3.81. The van der Waals surface area contributed by atoms with Crippen molar-refractivity contribution in [2.75, 3.05) is 5.73 Å². The van der Waals surface area contributed by atoms with Gasteiger partial charge in [0.1, 0.15) is 0 Å². The average Bonchev–Trinajstić information content (AvgIpc) is 2.16. The van der Waals surface area contributed by atoms with Crippen LogP contribution in [0.3, 0.4) is 0 Å². The van der Waals surface area contributed by atoms with Gasteiger partial charge in [-0.25, -0.2) is 4.85 Å². The van der Waals surface area contributed by atoms with Gasteiger partial charge in [-0.3, -0.25) is 0 Å². The van der Waals surface area contributed by atoms with E-state index in [4.69, 9.17) is 12.3 Å². The van der Waals surface area contributed by atoms with Crippen molar-refractivity contribution in [2.45, 2.75) is 19.5 Å². The molecule has 2 nitrogen and oxygen atoms in total. The summed E-state index contributed by atoms with van der Waals surface area (Å²) in [4.78, 5) is 2.86. The van der Waals surface area contributed by atoms with Gasteiger partial charge in [-0.2, -0.15) is 13.2 Å². The van der Waals surface area contributed by atoms with Crippen molar-refractivity contribution in [2.24, 2.45) is 0 Å². The highest BCUT2D eigenvalue weighted by molar-refractivity contribution is 5.64. The van der Waals surface area contributed by atoms with Crippen LogP contribution in [0.5, 0.6) is 0 Å². The first-order chi connectivity index (χ1) is 6.90. The van der Waals surface area contributed by atoms with Crippen LogP contribution in [0.4, 0.5) is 24.5 Å². The summed E-state index contributed by atoms with van der Waals surface area (Å²) in [5.41, 5.74) is 4.73. The number of nitrogens with two attached hydrogens (primary N) is 1. The molecule has 0 aromatic heterocycles. The lowest BCUT2D eigenvalue weighted by Gasteiger charge is -2.12. The minimum absolute atomic E-state index is 0.0808. The number of alkyl halides is 3. The number of hydrogen-bond acceptors (Lipinski definition) is 1. The van der Waals surface area contributed by atoms with E-state index in [9.17, 15) is 13.2 Å². The molecule has 2 N–H and O–H groups in total. The van der Waals surface area contributed by atoms with E-state index >= 15 is 0 Å². The third kappa shape index (κ3) is 2.21. The van der Waals surface area contributed by atoms with Crippen molar-refractivity contribution in [3.63, 3.8) is 0 Å². The number of nitrogens with zero attached hydrogens (tertiary/aromatic N) is 1. The first-order valence-electron chi connectivity index (χ1n) is 4.27. The quantitative estimate of drug-likeness (QED) is 0.563. The molecule has 0 saturated heterocycles. The van der Waals surface area contributed by atoms with Crippen molar-refractivity contribution < 1.29 is 13.2 Å². The Bertz CT molecular complexity index is 416. The van der Waals surface area contributed by atoms with E-state index in [-0.39, 0.29) is 5.69 Å². The normalized spacial score (nSPS) is 11.1. The lowest BCUT2D eigenvalue weighted by molar-refractivity contribution is -0.136. The molecule has 1 aromatic rings. The van der Waals surface area contributed by atoms with Crippen LogP contribution >= 0.6 is 0 Å². The minimum Gasteiger partial charge on any atom is -0.399 e. The fraction of sp³-hybridized carbons (Fsp3) is 0.300.